The molecule has 1 heterocycles. The van der Waals surface area contributed by atoms with E-state index in [1.54, 1.807) is 11.3 Å². The average Bonchev–Trinajstić information content (AvgIpc) is 2.86. The van der Waals surface area contributed by atoms with Gasteiger partial charge >= 0.3 is 0 Å². The number of rotatable bonds is 5. The minimum absolute atomic E-state index is 0.257. The molecule has 0 saturated carbocycles. The minimum Gasteiger partial charge on any atom is -0.355 e. The summed E-state index contributed by atoms with van der Waals surface area (Å²) >= 11 is 1.66. The molecule has 1 unspecified atom stereocenters. The molecular formula is C14H19N3S. The van der Waals surface area contributed by atoms with Gasteiger partial charge in [-0.25, -0.2) is 4.98 Å². The van der Waals surface area contributed by atoms with Gasteiger partial charge in [-0.2, -0.15) is 0 Å². The summed E-state index contributed by atoms with van der Waals surface area (Å²) in [6, 6.07) is 8.65. The Labute approximate surface area is 112 Å². The van der Waals surface area contributed by atoms with E-state index < -0.39 is 0 Å². The van der Waals surface area contributed by atoms with Crippen molar-refractivity contribution in [3.8, 4) is 0 Å². The minimum atomic E-state index is 0.257. The van der Waals surface area contributed by atoms with Crippen LogP contribution >= 0.6 is 11.3 Å². The number of nitrogens with zero attached hydrogens (tertiary/aromatic N) is 1. The van der Waals surface area contributed by atoms with E-state index in [-0.39, 0.29) is 6.04 Å². The van der Waals surface area contributed by atoms with E-state index in [9.17, 15) is 0 Å². The number of hydrogen-bond acceptors (Lipinski definition) is 4. The van der Waals surface area contributed by atoms with Crippen molar-refractivity contribution >= 4 is 16.5 Å². The van der Waals surface area contributed by atoms with Crippen LogP contribution in [-0.4, -0.2) is 4.98 Å². The second kappa shape index (κ2) is 5.98. The zero-order valence-electron chi connectivity index (χ0n) is 10.8. The summed E-state index contributed by atoms with van der Waals surface area (Å²) in [6.07, 6.45) is 0.984. The van der Waals surface area contributed by atoms with Crippen LogP contribution in [-0.2, 0) is 13.0 Å². The first-order chi connectivity index (χ1) is 8.72. The first kappa shape index (κ1) is 13.1. The number of nitrogens with two attached hydrogens (primary N) is 1. The van der Waals surface area contributed by atoms with E-state index in [0.29, 0.717) is 6.54 Å². The molecule has 2 rings (SSSR count). The molecule has 0 aliphatic heterocycles. The Morgan fingerprint density at radius 2 is 2.06 bits per heavy atom. The van der Waals surface area contributed by atoms with Gasteiger partial charge in [0.1, 0.15) is 0 Å². The van der Waals surface area contributed by atoms with Crippen LogP contribution in [0, 0.1) is 0 Å². The highest BCUT2D eigenvalue weighted by molar-refractivity contribution is 7.13. The Morgan fingerprint density at radius 3 is 2.61 bits per heavy atom. The Hall–Kier alpha value is -1.39. The van der Waals surface area contributed by atoms with Crippen LogP contribution in [0.3, 0.4) is 0 Å². The van der Waals surface area contributed by atoms with Crippen molar-refractivity contribution in [2.45, 2.75) is 32.9 Å². The second-order valence-electron chi connectivity index (χ2n) is 4.31. The van der Waals surface area contributed by atoms with Gasteiger partial charge in [0.25, 0.3) is 0 Å². The van der Waals surface area contributed by atoms with Crippen LogP contribution in [0.1, 0.15) is 36.7 Å². The highest BCUT2D eigenvalue weighted by Gasteiger charge is 2.07. The van der Waals surface area contributed by atoms with Gasteiger partial charge in [0, 0.05) is 11.9 Å². The number of hydrogen-bond donors (Lipinski definition) is 2. The third kappa shape index (κ3) is 3.09. The van der Waals surface area contributed by atoms with Gasteiger partial charge in [0.15, 0.2) is 5.13 Å². The van der Waals surface area contributed by atoms with Gasteiger partial charge < -0.3 is 11.1 Å². The monoisotopic (exact) mass is 261 g/mol. The summed E-state index contributed by atoms with van der Waals surface area (Å²) < 4.78 is 0. The fourth-order valence-corrected chi connectivity index (χ4v) is 2.63. The smallest absolute Gasteiger partial charge is 0.183 e. The van der Waals surface area contributed by atoms with Gasteiger partial charge in [-0.05, 0) is 24.5 Å². The van der Waals surface area contributed by atoms with E-state index in [0.717, 1.165) is 22.8 Å². The van der Waals surface area contributed by atoms with E-state index in [2.05, 4.69) is 53.8 Å². The first-order valence-corrected chi connectivity index (χ1v) is 7.10. The molecular weight excluding hydrogens is 242 g/mol. The Bertz CT molecular complexity index is 490. The maximum atomic E-state index is 5.59. The third-order valence-electron chi connectivity index (χ3n) is 2.97. The molecule has 0 aliphatic carbocycles. The van der Waals surface area contributed by atoms with Gasteiger partial charge in [0.2, 0.25) is 0 Å². The van der Waals surface area contributed by atoms with Crippen LogP contribution in [0.25, 0.3) is 0 Å². The number of thiazole rings is 1. The molecule has 0 amide bonds. The molecule has 0 spiro atoms. The summed E-state index contributed by atoms with van der Waals surface area (Å²) in [5, 5.41) is 6.52. The van der Waals surface area contributed by atoms with Gasteiger partial charge in [-0.15, -0.1) is 11.3 Å². The van der Waals surface area contributed by atoms with Crippen molar-refractivity contribution in [2.24, 2.45) is 5.73 Å². The maximum Gasteiger partial charge on any atom is 0.183 e. The summed E-state index contributed by atoms with van der Waals surface area (Å²) in [4.78, 5) is 4.52. The SMILES string of the molecule is CCc1csc(NC(C)c2ccc(CN)cc2)n1. The molecule has 1 aromatic carbocycles. The molecule has 2 aromatic rings. The summed E-state index contributed by atoms with van der Waals surface area (Å²) in [7, 11) is 0. The lowest BCUT2D eigenvalue weighted by Crippen LogP contribution is -2.07. The molecule has 0 bridgehead atoms. The highest BCUT2D eigenvalue weighted by atomic mass is 32.1. The summed E-state index contributed by atoms with van der Waals surface area (Å²) in [5.74, 6) is 0. The summed E-state index contributed by atoms with van der Waals surface area (Å²) in [5.41, 5.74) is 9.15. The standard InChI is InChI=1S/C14H19N3S/c1-3-13-9-18-14(17-13)16-10(2)12-6-4-11(8-15)5-7-12/h4-7,9-10H,3,8,15H2,1-2H3,(H,16,17). The van der Waals surface area contributed by atoms with Crippen LogP contribution in [0.5, 0.6) is 0 Å². The molecule has 3 nitrogen and oxygen atoms in total. The largest absolute Gasteiger partial charge is 0.355 e. The number of aryl methyl sites for hydroxylation is 1. The fraction of sp³-hybridized carbons (Fsp3) is 0.357. The average molecular weight is 261 g/mol. The fourth-order valence-electron chi connectivity index (χ4n) is 1.75. The summed E-state index contributed by atoms with van der Waals surface area (Å²) in [6.45, 7) is 4.85. The molecule has 18 heavy (non-hydrogen) atoms. The van der Waals surface area contributed by atoms with Crippen molar-refractivity contribution in [1.82, 2.24) is 4.98 Å². The van der Waals surface area contributed by atoms with Crippen molar-refractivity contribution < 1.29 is 0 Å². The molecule has 1 aromatic heterocycles. The quantitative estimate of drug-likeness (QED) is 0.868. The molecule has 96 valence electrons. The lowest BCUT2D eigenvalue weighted by atomic mass is 10.1. The van der Waals surface area contributed by atoms with Crippen molar-refractivity contribution in [1.29, 1.82) is 0 Å². The number of benzene rings is 1. The number of nitrogens with one attached hydrogen (secondary N) is 1. The Kier molecular flexibility index (Phi) is 4.33. The Balaban J connectivity index is 2.03. The molecule has 1 atom stereocenters. The normalized spacial score (nSPS) is 12.4. The Morgan fingerprint density at radius 1 is 1.33 bits per heavy atom. The van der Waals surface area contributed by atoms with E-state index in [1.807, 2.05) is 0 Å². The van der Waals surface area contributed by atoms with Crippen LogP contribution in [0.15, 0.2) is 29.6 Å². The van der Waals surface area contributed by atoms with Gasteiger partial charge in [-0.1, -0.05) is 31.2 Å². The lowest BCUT2D eigenvalue weighted by Gasteiger charge is -2.13. The van der Waals surface area contributed by atoms with Crippen molar-refractivity contribution in [3.63, 3.8) is 0 Å². The first-order valence-electron chi connectivity index (χ1n) is 6.22. The molecule has 0 saturated heterocycles. The zero-order valence-corrected chi connectivity index (χ0v) is 11.6. The van der Waals surface area contributed by atoms with Gasteiger partial charge in [-0.3, -0.25) is 0 Å². The second-order valence-corrected chi connectivity index (χ2v) is 5.17. The maximum absolute atomic E-state index is 5.59. The third-order valence-corrected chi connectivity index (χ3v) is 3.79. The van der Waals surface area contributed by atoms with Crippen LogP contribution in [0.4, 0.5) is 5.13 Å². The number of anilines is 1. The molecule has 3 N–H and O–H groups in total. The number of aromatic nitrogens is 1. The molecule has 0 fully saturated rings. The van der Waals surface area contributed by atoms with Gasteiger partial charge in [0.05, 0.1) is 11.7 Å². The molecule has 4 heteroatoms. The van der Waals surface area contributed by atoms with E-state index >= 15 is 0 Å². The topological polar surface area (TPSA) is 50.9 Å². The van der Waals surface area contributed by atoms with Crippen LogP contribution < -0.4 is 11.1 Å². The van der Waals surface area contributed by atoms with Crippen molar-refractivity contribution in [2.75, 3.05) is 5.32 Å². The van der Waals surface area contributed by atoms with E-state index in [1.165, 1.54) is 5.56 Å². The zero-order chi connectivity index (χ0) is 13.0. The lowest BCUT2D eigenvalue weighted by molar-refractivity contribution is 0.875. The predicted octanol–water partition coefficient (Wildman–Crippen LogP) is 3.34. The van der Waals surface area contributed by atoms with Crippen molar-refractivity contribution in [3.05, 3.63) is 46.5 Å². The van der Waals surface area contributed by atoms with E-state index in [4.69, 9.17) is 5.73 Å². The molecule has 0 radical (unpaired) electrons. The highest BCUT2D eigenvalue weighted by Crippen LogP contribution is 2.22. The van der Waals surface area contributed by atoms with Crippen LogP contribution in [0.2, 0.25) is 0 Å². The molecule has 0 aliphatic rings. The predicted molar refractivity (Wildman–Crippen MR) is 77.9 cm³/mol.